The Morgan fingerprint density at radius 1 is 1.25 bits per heavy atom. The first-order valence-corrected chi connectivity index (χ1v) is 5.10. The van der Waals surface area contributed by atoms with Gasteiger partial charge in [0.1, 0.15) is 0 Å². The van der Waals surface area contributed by atoms with Gasteiger partial charge in [0.25, 0.3) is 10.1 Å². The van der Waals surface area contributed by atoms with Crippen LogP contribution >= 0.6 is 0 Å². The second kappa shape index (κ2) is 5.04. The van der Waals surface area contributed by atoms with Gasteiger partial charge in [-0.2, -0.15) is 8.42 Å². The molecule has 6 nitrogen and oxygen atoms in total. The number of nitro groups is 1. The second-order valence-electron chi connectivity index (χ2n) is 2.40. The summed E-state index contributed by atoms with van der Waals surface area (Å²) in [5.41, 5.74) is 0. The van der Waals surface area contributed by atoms with Crippen LogP contribution in [0.5, 0.6) is 0 Å². The van der Waals surface area contributed by atoms with Crippen LogP contribution in [0.3, 0.4) is 0 Å². The minimum Gasteiger partial charge on any atom is -0.286 e. The number of hydrogen-bond acceptors (Lipinski definition) is 4. The van der Waals surface area contributed by atoms with E-state index in [1.54, 1.807) is 0 Å². The first-order valence-electron chi connectivity index (χ1n) is 3.49. The molecule has 0 aromatic heterocycles. The van der Waals surface area contributed by atoms with E-state index < -0.39 is 15.0 Å². The lowest BCUT2D eigenvalue weighted by atomic mass is 10.2. The fourth-order valence-electron chi connectivity index (χ4n) is 0.702. The molecule has 0 saturated heterocycles. The summed E-state index contributed by atoms with van der Waals surface area (Å²) in [6.45, 7) is -0.147. The van der Waals surface area contributed by atoms with E-state index in [4.69, 9.17) is 4.55 Å². The normalized spacial score (nSPS) is 11.4. The fourth-order valence-corrected chi connectivity index (χ4v) is 1.27. The van der Waals surface area contributed by atoms with Gasteiger partial charge >= 0.3 is 0 Å². The molecule has 1 N–H and O–H groups in total. The zero-order chi connectivity index (χ0) is 9.61. The van der Waals surface area contributed by atoms with E-state index in [0.717, 1.165) is 0 Å². The lowest BCUT2D eigenvalue weighted by Gasteiger charge is -1.95. The van der Waals surface area contributed by atoms with Crippen molar-refractivity contribution in [3.63, 3.8) is 0 Å². The van der Waals surface area contributed by atoms with Crippen molar-refractivity contribution >= 4 is 10.1 Å². The van der Waals surface area contributed by atoms with Gasteiger partial charge in [0, 0.05) is 11.3 Å². The summed E-state index contributed by atoms with van der Waals surface area (Å²) in [6.07, 6.45) is 1.07. The lowest BCUT2D eigenvalue weighted by molar-refractivity contribution is -0.480. The van der Waals surface area contributed by atoms with Crippen molar-refractivity contribution in [2.24, 2.45) is 0 Å². The quantitative estimate of drug-likeness (QED) is 0.286. The van der Waals surface area contributed by atoms with Crippen molar-refractivity contribution in [1.82, 2.24) is 0 Å². The van der Waals surface area contributed by atoms with E-state index in [1.807, 2.05) is 0 Å². The maximum atomic E-state index is 10.1. The zero-order valence-corrected chi connectivity index (χ0v) is 7.29. The Hall–Kier alpha value is -0.690. The number of hydrogen-bond donors (Lipinski definition) is 1. The van der Waals surface area contributed by atoms with Crippen molar-refractivity contribution in [3.05, 3.63) is 10.1 Å². The summed E-state index contributed by atoms with van der Waals surface area (Å²) in [5, 5.41) is 9.80. The van der Waals surface area contributed by atoms with Gasteiger partial charge in [-0.25, -0.2) is 0 Å². The van der Waals surface area contributed by atoms with Gasteiger partial charge in [-0.15, -0.1) is 0 Å². The Kier molecular flexibility index (Phi) is 4.75. The molecule has 0 aliphatic carbocycles. The fraction of sp³-hybridized carbons (Fsp3) is 1.00. The predicted octanol–water partition coefficient (Wildman–Crippen LogP) is 0.321. The van der Waals surface area contributed by atoms with E-state index in [1.165, 1.54) is 0 Å². The van der Waals surface area contributed by atoms with E-state index in [9.17, 15) is 18.5 Å². The summed E-state index contributed by atoms with van der Waals surface area (Å²) in [6, 6.07) is 0. The van der Waals surface area contributed by atoms with E-state index in [-0.39, 0.29) is 18.7 Å². The summed E-state index contributed by atoms with van der Waals surface area (Å²) in [4.78, 5) is 9.35. The van der Waals surface area contributed by atoms with Gasteiger partial charge in [-0.05, 0) is 12.8 Å². The molecule has 0 atom stereocenters. The third kappa shape index (κ3) is 9.31. The monoisotopic (exact) mass is 197 g/mol. The van der Waals surface area contributed by atoms with Gasteiger partial charge in [0.2, 0.25) is 6.54 Å². The molecule has 0 aromatic carbocycles. The topological polar surface area (TPSA) is 97.5 Å². The van der Waals surface area contributed by atoms with Crippen molar-refractivity contribution in [1.29, 1.82) is 0 Å². The minimum absolute atomic E-state index is 0.147. The first kappa shape index (κ1) is 11.3. The average molecular weight is 197 g/mol. The molecule has 0 radical (unpaired) electrons. The molecular formula is C5H11NO5S. The second-order valence-corrected chi connectivity index (χ2v) is 3.98. The van der Waals surface area contributed by atoms with Crippen LogP contribution in [-0.4, -0.2) is 30.2 Å². The first-order chi connectivity index (χ1) is 5.42. The molecule has 12 heavy (non-hydrogen) atoms. The maximum Gasteiger partial charge on any atom is 0.264 e. The highest BCUT2D eigenvalue weighted by molar-refractivity contribution is 7.85. The van der Waals surface area contributed by atoms with Gasteiger partial charge in [0.05, 0.1) is 5.75 Å². The molecule has 0 saturated carbocycles. The Morgan fingerprint density at radius 3 is 2.25 bits per heavy atom. The van der Waals surface area contributed by atoms with E-state index >= 15 is 0 Å². The molecule has 0 aliphatic heterocycles. The third-order valence-electron chi connectivity index (χ3n) is 1.24. The van der Waals surface area contributed by atoms with E-state index in [2.05, 4.69) is 0 Å². The van der Waals surface area contributed by atoms with E-state index in [0.29, 0.717) is 12.8 Å². The van der Waals surface area contributed by atoms with Gasteiger partial charge in [-0.1, -0.05) is 0 Å². The van der Waals surface area contributed by atoms with Crippen LogP contribution in [0.15, 0.2) is 0 Å². The third-order valence-corrected chi connectivity index (χ3v) is 2.05. The van der Waals surface area contributed by atoms with Crippen molar-refractivity contribution in [3.8, 4) is 0 Å². The molecule has 0 heterocycles. The van der Waals surface area contributed by atoms with Crippen LogP contribution in [0.1, 0.15) is 19.3 Å². The Bertz CT molecular complexity index is 234. The predicted molar refractivity (Wildman–Crippen MR) is 42.1 cm³/mol. The lowest BCUT2D eigenvalue weighted by Crippen LogP contribution is -2.05. The van der Waals surface area contributed by atoms with Crippen LogP contribution in [0.4, 0.5) is 0 Å². The van der Waals surface area contributed by atoms with Gasteiger partial charge in [0.15, 0.2) is 0 Å². The van der Waals surface area contributed by atoms with Crippen LogP contribution in [0, 0.1) is 10.1 Å². The molecule has 0 aromatic rings. The molecule has 7 heteroatoms. The highest BCUT2D eigenvalue weighted by Crippen LogP contribution is 1.98. The van der Waals surface area contributed by atoms with Gasteiger partial charge in [-0.3, -0.25) is 14.7 Å². The molecule has 0 unspecified atom stereocenters. The van der Waals surface area contributed by atoms with Gasteiger partial charge < -0.3 is 0 Å². The minimum atomic E-state index is -3.89. The van der Waals surface area contributed by atoms with Crippen LogP contribution in [-0.2, 0) is 10.1 Å². The molecular weight excluding hydrogens is 186 g/mol. The molecule has 0 fully saturated rings. The SMILES string of the molecule is O=[N+]([O-])CCCCCS(=O)(=O)O. The Morgan fingerprint density at radius 2 is 1.83 bits per heavy atom. The highest BCUT2D eigenvalue weighted by atomic mass is 32.2. The number of unbranched alkanes of at least 4 members (excludes halogenated alkanes) is 2. The van der Waals surface area contributed by atoms with Crippen molar-refractivity contribution in [2.45, 2.75) is 19.3 Å². The van der Waals surface area contributed by atoms with Crippen LogP contribution < -0.4 is 0 Å². The average Bonchev–Trinajstić information content (AvgIpc) is 1.83. The summed E-state index contributed by atoms with van der Waals surface area (Å²) in [7, 11) is -3.89. The number of rotatable bonds is 6. The zero-order valence-electron chi connectivity index (χ0n) is 6.47. The molecule has 72 valence electrons. The number of nitrogens with zero attached hydrogens (tertiary/aromatic N) is 1. The van der Waals surface area contributed by atoms with Crippen LogP contribution in [0.25, 0.3) is 0 Å². The van der Waals surface area contributed by atoms with Crippen molar-refractivity contribution in [2.75, 3.05) is 12.3 Å². The summed E-state index contributed by atoms with van der Waals surface area (Å²) in [5.74, 6) is -0.315. The summed E-state index contributed by atoms with van der Waals surface area (Å²) >= 11 is 0. The van der Waals surface area contributed by atoms with Crippen molar-refractivity contribution < 1.29 is 17.9 Å². The molecule has 0 bridgehead atoms. The maximum absolute atomic E-state index is 10.1. The largest absolute Gasteiger partial charge is 0.286 e. The van der Waals surface area contributed by atoms with Crippen LogP contribution in [0.2, 0.25) is 0 Å². The molecule has 0 amide bonds. The Labute approximate surface area is 70.5 Å². The highest BCUT2D eigenvalue weighted by Gasteiger charge is 2.04. The summed E-state index contributed by atoms with van der Waals surface area (Å²) < 4.78 is 28.6. The molecule has 0 spiro atoms. The Balaban J connectivity index is 3.29. The standard InChI is InChI=1S/C5H11NO5S/c7-6(8)4-2-1-3-5-12(9,10)11/h1-5H2,(H,9,10,11). The molecule has 0 rings (SSSR count). The molecule has 0 aliphatic rings. The smallest absolute Gasteiger partial charge is 0.264 e.